The molecule has 0 bridgehead atoms. The van der Waals surface area contributed by atoms with Gasteiger partial charge in [-0.3, -0.25) is 14.9 Å². The predicted octanol–water partition coefficient (Wildman–Crippen LogP) is 1.81. The quantitative estimate of drug-likeness (QED) is 0.324. The summed E-state index contributed by atoms with van der Waals surface area (Å²) in [7, 11) is 0. The number of hydrogen-bond donors (Lipinski definition) is 2. The molecule has 0 aromatic heterocycles. The van der Waals surface area contributed by atoms with Crippen molar-refractivity contribution < 1.29 is 24.0 Å². The number of nitro benzene ring substituents is 1. The van der Waals surface area contributed by atoms with E-state index in [9.17, 15) is 19.7 Å². The van der Waals surface area contributed by atoms with E-state index in [2.05, 4.69) is 10.2 Å². The third-order valence-corrected chi connectivity index (χ3v) is 4.33. The van der Waals surface area contributed by atoms with Gasteiger partial charge in [-0.25, -0.2) is 4.79 Å². The molecule has 2 aromatic rings. The summed E-state index contributed by atoms with van der Waals surface area (Å²) in [5.74, 6) is -1.35. The van der Waals surface area contributed by atoms with Crippen LogP contribution in [0.4, 0.5) is 22.7 Å². The van der Waals surface area contributed by atoms with E-state index in [4.69, 9.17) is 15.2 Å². The molecular weight excluding hydrogens is 380 g/mol. The molecule has 0 atom stereocenters. The van der Waals surface area contributed by atoms with Crippen molar-refractivity contribution in [1.82, 2.24) is 0 Å². The molecule has 10 heteroatoms. The molecule has 3 N–H and O–H groups in total. The first kappa shape index (κ1) is 20.1. The van der Waals surface area contributed by atoms with E-state index in [1.165, 1.54) is 6.07 Å². The minimum Gasteiger partial charge on any atom is -0.452 e. The number of nitrogens with two attached hydrogens (primary N) is 1. The van der Waals surface area contributed by atoms with Crippen LogP contribution in [0.1, 0.15) is 10.4 Å². The SMILES string of the molecule is Nc1cc([N+](=O)[O-])ccc1C(=O)OCC(=O)Nc1ccc(N2CCOCC2)cc1. The summed E-state index contributed by atoms with van der Waals surface area (Å²) in [4.78, 5) is 36.4. The summed E-state index contributed by atoms with van der Waals surface area (Å²) >= 11 is 0. The molecule has 29 heavy (non-hydrogen) atoms. The average molecular weight is 400 g/mol. The van der Waals surface area contributed by atoms with Crippen LogP contribution in [0.5, 0.6) is 0 Å². The third kappa shape index (κ3) is 5.20. The lowest BCUT2D eigenvalue weighted by molar-refractivity contribution is -0.384. The van der Waals surface area contributed by atoms with Crippen LogP contribution in [0, 0.1) is 10.1 Å². The van der Waals surface area contributed by atoms with Gasteiger partial charge in [-0.1, -0.05) is 0 Å². The van der Waals surface area contributed by atoms with Gasteiger partial charge in [-0.2, -0.15) is 0 Å². The van der Waals surface area contributed by atoms with Gasteiger partial charge in [0.15, 0.2) is 6.61 Å². The fourth-order valence-corrected chi connectivity index (χ4v) is 2.83. The molecule has 0 spiro atoms. The Morgan fingerprint density at radius 3 is 2.48 bits per heavy atom. The maximum absolute atomic E-state index is 12.1. The van der Waals surface area contributed by atoms with Crippen molar-refractivity contribution in [3.63, 3.8) is 0 Å². The number of nitrogens with zero attached hydrogens (tertiary/aromatic N) is 2. The monoisotopic (exact) mass is 400 g/mol. The molecule has 2 aromatic carbocycles. The van der Waals surface area contributed by atoms with Gasteiger partial charge in [0, 0.05) is 36.6 Å². The van der Waals surface area contributed by atoms with Crippen LogP contribution < -0.4 is 16.0 Å². The normalized spacial score (nSPS) is 13.6. The maximum atomic E-state index is 12.1. The van der Waals surface area contributed by atoms with Crippen LogP contribution in [0.2, 0.25) is 0 Å². The van der Waals surface area contributed by atoms with Crippen molar-refractivity contribution >= 4 is 34.6 Å². The minimum absolute atomic E-state index is 0.0433. The number of ether oxygens (including phenoxy) is 2. The molecule has 1 aliphatic rings. The van der Waals surface area contributed by atoms with E-state index in [1.807, 2.05) is 12.1 Å². The highest BCUT2D eigenvalue weighted by molar-refractivity contribution is 5.98. The summed E-state index contributed by atoms with van der Waals surface area (Å²) in [6, 6.07) is 10.7. The Balaban J connectivity index is 1.51. The number of carbonyl (C=O) groups excluding carboxylic acids is 2. The number of nitrogen functional groups attached to an aromatic ring is 1. The highest BCUT2D eigenvalue weighted by Crippen LogP contribution is 2.21. The number of carbonyl (C=O) groups is 2. The number of hydrogen-bond acceptors (Lipinski definition) is 8. The number of non-ortho nitro benzene ring substituents is 1. The predicted molar refractivity (Wildman–Crippen MR) is 106 cm³/mol. The maximum Gasteiger partial charge on any atom is 0.340 e. The lowest BCUT2D eigenvalue weighted by Gasteiger charge is -2.28. The van der Waals surface area contributed by atoms with Crippen molar-refractivity contribution in [2.45, 2.75) is 0 Å². The summed E-state index contributed by atoms with van der Waals surface area (Å²) in [6.45, 7) is 2.48. The van der Waals surface area contributed by atoms with Crippen molar-refractivity contribution in [1.29, 1.82) is 0 Å². The molecule has 0 radical (unpaired) electrons. The fraction of sp³-hybridized carbons (Fsp3) is 0.263. The van der Waals surface area contributed by atoms with Crippen LogP contribution in [0.3, 0.4) is 0 Å². The fourth-order valence-electron chi connectivity index (χ4n) is 2.83. The molecule has 152 valence electrons. The van der Waals surface area contributed by atoms with E-state index in [0.29, 0.717) is 18.9 Å². The second-order valence-corrected chi connectivity index (χ2v) is 6.30. The Labute approximate surface area is 166 Å². The van der Waals surface area contributed by atoms with E-state index in [1.54, 1.807) is 12.1 Å². The average Bonchev–Trinajstić information content (AvgIpc) is 2.73. The van der Waals surface area contributed by atoms with Gasteiger partial charge in [-0.15, -0.1) is 0 Å². The van der Waals surface area contributed by atoms with E-state index in [0.717, 1.165) is 30.9 Å². The number of morpholine rings is 1. The van der Waals surface area contributed by atoms with Crippen molar-refractivity contribution in [2.75, 3.05) is 48.9 Å². The Morgan fingerprint density at radius 2 is 1.86 bits per heavy atom. The largest absolute Gasteiger partial charge is 0.452 e. The topological polar surface area (TPSA) is 137 Å². The number of amides is 1. The smallest absolute Gasteiger partial charge is 0.340 e. The summed E-state index contributed by atoms with van der Waals surface area (Å²) in [6.07, 6.45) is 0. The molecule has 1 aliphatic heterocycles. The lowest BCUT2D eigenvalue weighted by atomic mass is 10.1. The molecule has 1 amide bonds. The molecule has 1 saturated heterocycles. The van der Waals surface area contributed by atoms with Crippen LogP contribution in [-0.2, 0) is 14.3 Å². The third-order valence-electron chi connectivity index (χ3n) is 4.33. The summed E-state index contributed by atoms with van der Waals surface area (Å²) in [5.41, 5.74) is 6.87. The minimum atomic E-state index is -0.838. The van der Waals surface area contributed by atoms with Crippen molar-refractivity contribution in [2.24, 2.45) is 0 Å². The molecule has 0 unspecified atom stereocenters. The van der Waals surface area contributed by atoms with Crippen molar-refractivity contribution in [3.8, 4) is 0 Å². The van der Waals surface area contributed by atoms with Gasteiger partial charge in [0.1, 0.15) is 0 Å². The highest BCUT2D eigenvalue weighted by Gasteiger charge is 2.17. The number of esters is 1. The van der Waals surface area contributed by atoms with Crippen molar-refractivity contribution in [3.05, 3.63) is 58.1 Å². The molecule has 0 saturated carbocycles. The molecule has 3 rings (SSSR count). The van der Waals surface area contributed by atoms with Crippen LogP contribution in [0.25, 0.3) is 0 Å². The van der Waals surface area contributed by atoms with E-state index >= 15 is 0 Å². The molecule has 1 heterocycles. The van der Waals surface area contributed by atoms with Gasteiger partial charge in [-0.05, 0) is 30.3 Å². The number of benzene rings is 2. The first-order valence-corrected chi connectivity index (χ1v) is 8.87. The zero-order valence-electron chi connectivity index (χ0n) is 15.5. The van der Waals surface area contributed by atoms with Crippen LogP contribution in [0.15, 0.2) is 42.5 Å². The van der Waals surface area contributed by atoms with E-state index < -0.39 is 23.4 Å². The standard InChI is InChI=1S/C19H20N4O6/c20-17-11-15(23(26)27)5-6-16(17)19(25)29-12-18(24)21-13-1-3-14(4-2-13)22-7-9-28-10-8-22/h1-6,11H,7-10,12,20H2,(H,21,24). The van der Waals surface area contributed by atoms with Gasteiger partial charge in [0.05, 0.1) is 29.4 Å². The van der Waals surface area contributed by atoms with Gasteiger partial charge >= 0.3 is 5.97 Å². The summed E-state index contributed by atoms with van der Waals surface area (Å²) < 4.78 is 10.3. The second kappa shape index (κ2) is 9.02. The van der Waals surface area contributed by atoms with Gasteiger partial charge in [0.25, 0.3) is 11.6 Å². The number of nitrogens with one attached hydrogen (secondary N) is 1. The Kier molecular flexibility index (Phi) is 6.25. The van der Waals surface area contributed by atoms with Gasteiger partial charge < -0.3 is 25.4 Å². The Morgan fingerprint density at radius 1 is 1.17 bits per heavy atom. The Bertz CT molecular complexity index is 909. The van der Waals surface area contributed by atoms with E-state index in [-0.39, 0.29) is 16.9 Å². The summed E-state index contributed by atoms with van der Waals surface area (Å²) in [5, 5.41) is 13.3. The zero-order valence-corrected chi connectivity index (χ0v) is 15.5. The molecular formula is C19H20N4O6. The second-order valence-electron chi connectivity index (χ2n) is 6.30. The van der Waals surface area contributed by atoms with Gasteiger partial charge in [0.2, 0.25) is 0 Å². The first-order chi connectivity index (χ1) is 13.9. The zero-order chi connectivity index (χ0) is 20.8. The lowest BCUT2D eigenvalue weighted by Crippen LogP contribution is -2.36. The van der Waals surface area contributed by atoms with Crippen LogP contribution >= 0.6 is 0 Å². The molecule has 10 nitrogen and oxygen atoms in total. The molecule has 0 aliphatic carbocycles. The molecule has 1 fully saturated rings. The Hall–Kier alpha value is -3.66. The first-order valence-electron chi connectivity index (χ1n) is 8.87. The number of nitro groups is 1. The number of anilines is 3. The van der Waals surface area contributed by atoms with Crippen LogP contribution in [-0.4, -0.2) is 49.7 Å². The number of rotatable bonds is 6. The highest BCUT2D eigenvalue weighted by atomic mass is 16.6.